The summed E-state index contributed by atoms with van der Waals surface area (Å²) in [6, 6.07) is 5.79. The number of rotatable bonds is 5. The van der Waals surface area contributed by atoms with E-state index in [1.165, 1.54) is 0 Å². The molecule has 0 aliphatic heterocycles. The molecule has 21 heavy (non-hydrogen) atoms. The van der Waals surface area contributed by atoms with Crippen LogP contribution in [-0.4, -0.2) is 32.0 Å². The number of hydrogen-bond donors (Lipinski definition) is 3. The van der Waals surface area contributed by atoms with Crippen molar-refractivity contribution in [1.29, 1.82) is 0 Å². The van der Waals surface area contributed by atoms with Crippen LogP contribution in [0.25, 0.3) is 0 Å². The van der Waals surface area contributed by atoms with Crippen LogP contribution in [0.1, 0.15) is 19.4 Å². The average molecular weight is 355 g/mol. The van der Waals surface area contributed by atoms with E-state index in [0.717, 1.165) is 22.3 Å². The van der Waals surface area contributed by atoms with Crippen LogP contribution in [0.4, 0.5) is 5.69 Å². The van der Waals surface area contributed by atoms with E-state index in [1.807, 2.05) is 25.1 Å². The number of benzene rings is 1. The summed E-state index contributed by atoms with van der Waals surface area (Å²) >= 11 is 3.40. The number of aryl methyl sites for hydroxylation is 1. The normalized spacial score (nSPS) is 11.4. The first-order chi connectivity index (χ1) is 9.92. The smallest absolute Gasteiger partial charge is 0.243 e. The molecule has 5 nitrogen and oxygen atoms in total. The van der Waals surface area contributed by atoms with Gasteiger partial charge in [0, 0.05) is 23.8 Å². The van der Waals surface area contributed by atoms with Gasteiger partial charge in [0.25, 0.3) is 0 Å². The third-order valence-electron chi connectivity index (χ3n) is 2.79. The Hall–Kier alpha value is -1.56. The fraction of sp³-hybridized carbons (Fsp3) is 0.467. The highest BCUT2D eigenvalue weighted by molar-refractivity contribution is 9.10. The van der Waals surface area contributed by atoms with Crippen molar-refractivity contribution in [3.8, 4) is 0 Å². The second-order valence-corrected chi connectivity index (χ2v) is 6.12. The zero-order valence-corrected chi connectivity index (χ0v) is 14.5. The lowest BCUT2D eigenvalue weighted by atomic mass is 10.2. The molecule has 0 saturated carbocycles. The molecule has 116 valence electrons. The van der Waals surface area contributed by atoms with Crippen LogP contribution in [-0.2, 0) is 4.79 Å². The van der Waals surface area contributed by atoms with Crippen LogP contribution in [0.5, 0.6) is 0 Å². The summed E-state index contributed by atoms with van der Waals surface area (Å²) in [5.41, 5.74) is 1.83. The average Bonchev–Trinajstić information content (AvgIpc) is 2.43. The molecule has 0 aromatic heterocycles. The van der Waals surface area contributed by atoms with E-state index in [2.05, 4.69) is 50.7 Å². The van der Waals surface area contributed by atoms with Crippen molar-refractivity contribution in [2.45, 2.75) is 20.8 Å². The lowest BCUT2D eigenvalue weighted by Gasteiger charge is -2.14. The molecule has 1 amide bonds. The minimum atomic E-state index is -0.108. The van der Waals surface area contributed by atoms with Crippen LogP contribution in [0.15, 0.2) is 27.7 Å². The molecule has 1 aromatic rings. The maximum absolute atomic E-state index is 12.0. The molecule has 0 saturated heterocycles. The maximum atomic E-state index is 12.0. The zero-order valence-electron chi connectivity index (χ0n) is 13.0. The first-order valence-electron chi connectivity index (χ1n) is 6.93. The van der Waals surface area contributed by atoms with E-state index >= 15 is 0 Å². The van der Waals surface area contributed by atoms with E-state index in [1.54, 1.807) is 7.05 Å². The molecule has 0 spiro atoms. The van der Waals surface area contributed by atoms with Crippen LogP contribution in [0.3, 0.4) is 0 Å². The SMILES string of the molecule is CN=C(NCC(=O)Nc1cc(Br)ccc1C)NCC(C)C. The number of hydrogen-bond acceptors (Lipinski definition) is 2. The minimum absolute atomic E-state index is 0.108. The Labute approximate surface area is 134 Å². The Morgan fingerprint density at radius 1 is 1.33 bits per heavy atom. The van der Waals surface area contributed by atoms with Gasteiger partial charge in [-0.3, -0.25) is 9.79 Å². The summed E-state index contributed by atoms with van der Waals surface area (Å²) in [7, 11) is 1.69. The molecular formula is C15H23BrN4O. The molecule has 0 heterocycles. The first-order valence-corrected chi connectivity index (χ1v) is 7.72. The Balaban J connectivity index is 2.48. The van der Waals surface area contributed by atoms with Crippen LogP contribution < -0.4 is 16.0 Å². The topological polar surface area (TPSA) is 65.5 Å². The van der Waals surface area contributed by atoms with Gasteiger partial charge in [-0.15, -0.1) is 0 Å². The Kier molecular flexibility index (Phi) is 7.22. The first kappa shape index (κ1) is 17.5. The standard InChI is InChI=1S/C15H23BrN4O/c1-10(2)8-18-15(17-4)19-9-14(21)20-13-7-12(16)6-5-11(13)3/h5-7,10H,8-9H2,1-4H3,(H,20,21)(H2,17,18,19). The number of carbonyl (C=O) groups is 1. The molecular weight excluding hydrogens is 332 g/mol. The van der Waals surface area contributed by atoms with Gasteiger partial charge in [-0.2, -0.15) is 0 Å². The van der Waals surface area contributed by atoms with Gasteiger partial charge < -0.3 is 16.0 Å². The second kappa shape index (κ2) is 8.67. The lowest BCUT2D eigenvalue weighted by molar-refractivity contribution is -0.115. The van der Waals surface area contributed by atoms with Crippen molar-refractivity contribution in [3.05, 3.63) is 28.2 Å². The monoisotopic (exact) mass is 354 g/mol. The summed E-state index contributed by atoms with van der Waals surface area (Å²) in [6.07, 6.45) is 0. The second-order valence-electron chi connectivity index (χ2n) is 5.21. The molecule has 0 unspecified atom stereocenters. The summed E-state index contributed by atoms with van der Waals surface area (Å²) in [5.74, 6) is 1.04. The van der Waals surface area contributed by atoms with Crippen molar-refractivity contribution < 1.29 is 4.79 Å². The van der Waals surface area contributed by atoms with Crippen LogP contribution in [0.2, 0.25) is 0 Å². The highest BCUT2D eigenvalue weighted by atomic mass is 79.9. The van der Waals surface area contributed by atoms with Crippen molar-refractivity contribution in [3.63, 3.8) is 0 Å². The van der Waals surface area contributed by atoms with Crippen molar-refractivity contribution >= 4 is 33.5 Å². The summed E-state index contributed by atoms with van der Waals surface area (Å²) in [4.78, 5) is 16.0. The number of nitrogens with zero attached hydrogens (tertiary/aromatic N) is 1. The van der Waals surface area contributed by atoms with E-state index < -0.39 is 0 Å². The highest BCUT2D eigenvalue weighted by Gasteiger charge is 2.07. The quantitative estimate of drug-likeness (QED) is 0.562. The van der Waals surface area contributed by atoms with Gasteiger partial charge in [0.05, 0.1) is 6.54 Å². The van der Waals surface area contributed by atoms with Crippen LogP contribution in [0, 0.1) is 12.8 Å². The lowest BCUT2D eigenvalue weighted by Crippen LogP contribution is -2.42. The predicted molar refractivity (Wildman–Crippen MR) is 91.7 cm³/mol. The van der Waals surface area contributed by atoms with Crippen molar-refractivity contribution in [2.24, 2.45) is 10.9 Å². The Bertz CT molecular complexity index is 514. The molecule has 3 N–H and O–H groups in total. The Morgan fingerprint density at radius 2 is 2.05 bits per heavy atom. The predicted octanol–water partition coefficient (Wildman–Crippen LogP) is 2.52. The summed E-state index contributed by atoms with van der Waals surface area (Å²) in [6.45, 7) is 7.17. The molecule has 0 aliphatic rings. The minimum Gasteiger partial charge on any atom is -0.356 e. The molecule has 0 radical (unpaired) electrons. The number of amides is 1. The van der Waals surface area contributed by atoms with Gasteiger partial charge in [0.1, 0.15) is 0 Å². The Morgan fingerprint density at radius 3 is 2.67 bits per heavy atom. The molecule has 0 fully saturated rings. The molecule has 0 atom stereocenters. The van der Waals surface area contributed by atoms with E-state index in [-0.39, 0.29) is 12.5 Å². The van der Waals surface area contributed by atoms with Gasteiger partial charge in [0.2, 0.25) is 5.91 Å². The number of halogens is 1. The fourth-order valence-corrected chi connectivity index (χ4v) is 1.97. The fourth-order valence-electron chi connectivity index (χ4n) is 1.61. The molecule has 0 aliphatic carbocycles. The molecule has 1 aromatic carbocycles. The van der Waals surface area contributed by atoms with Crippen molar-refractivity contribution in [1.82, 2.24) is 10.6 Å². The number of aliphatic imine (C=N–C) groups is 1. The molecule has 6 heteroatoms. The van der Waals surface area contributed by atoms with Crippen LogP contribution >= 0.6 is 15.9 Å². The zero-order chi connectivity index (χ0) is 15.8. The third kappa shape index (κ3) is 6.62. The third-order valence-corrected chi connectivity index (χ3v) is 3.28. The highest BCUT2D eigenvalue weighted by Crippen LogP contribution is 2.20. The van der Waals surface area contributed by atoms with Gasteiger partial charge in [0.15, 0.2) is 5.96 Å². The number of guanidine groups is 1. The van der Waals surface area contributed by atoms with E-state index in [9.17, 15) is 4.79 Å². The number of carbonyl (C=O) groups excluding carboxylic acids is 1. The van der Waals surface area contributed by atoms with Gasteiger partial charge in [-0.25, -0.2) is 0 Å². The number of nitrogens with one attached hydrogen (secondary N) is 3. The number of anilines is 1. The van der Waals surface area contributed by atoms with Crippen molar-refractivity contribution in [2.75, 3.05) is 25.5 Å². The largest absolute Gasteiger partial charge is 0.356 e. The van der Waals surface area contributed by atoms with Gasteiger partial charge in [-0.05, 0) is 30.5 Å². The van der Waals surface area contributed by atoms with Gasteiger partial charge in [-0.1, -0.05) is 35.8 Å². The molecule has 1 rings (SSSR count). The van der Waals surface area contributed by atoms with E-state index in [4.69, 9.17) is 0 Å². The molecule has 0 bridgehead atoms. The van der Waals surface area contributed by atoms with E-state index in [0.29, 0.717) is 11.9 Å². The summed E-state index contributed by atoms with van der Waals surface area (Å²) < 4.78 is 0.936. The maximum Gasteiger partial charge on any atom is 0.243 e. The van der Waals surface area contributed by atoms with Gasteiger partial charge >= 0.3 is 0 Å². The summed E-state index contributed by atoms with van der Waals surface area (Å²) in [5, 5.41) is 9.04.